The lowest BCUT2D eigenvalue weighted by Crippen LogP contribution is -2.25. The summed E-state index contributed by atoms with van der Waals surface area (Å²) >= 11 is 1.41. The molecular formula is C20H20FN3OS. The summed E-state index contributed by atoms with van der Waals surface area (Å²) in [4.78, 5) is 21.8. The number of pyridine rings is 1. The van der Waals surface area contributed by atoms with Gasteiger partial charge in [0, 0.05) is 24.9 Å². The number of nitrogens with one attached hydrogen (secondary N) is 1. The third kappa shape index (κ3) is 4.73. The second-order valence-corrected chi connectivity index (χ2v) is 7.02. The van der Waals surface area contributed by atoms with Gasteiger partial charge in [0.25, 0.3) is 5.91 Å². The van der Waals surface area contributed by atoms with Gasteiger partial charge < -0.3 is 5.32 Å². The number of thiazole rings is 1. The fourth-order valence-corrected chi connectivity index (χ4v) is 3.62. The lowest BCUT2D eigenvalue weighted by Gasteiger charge is -2.05. The highest BCUT2D eigenvalue weighted by Crippen LogP contribution is 2.19. The van der Waals surface area contributed by atoms with Gasteiger partial charge in [0.2, 0.25) is 0 Å². The highest BCUT2D eigenvalue weighted by atomic mass is 32.1. The number of aromatic nitrogens is 2. The quantitative estimate of drug-likeness (QED) is 0.690. The van der Waals surface area contributed by atoms with Gasteiger partial charge in [-0.1, -0.05) is 24.3 Å². The molecule has 0 bridgehead atoms. The Morgan fingerprint density at radius 2 is 1.92 bits per heavy atom. The minimum Gasteiger partial charge on any atom is -0.351 e. The van der Waals surface area contributed by atoms with E-state index in [1.54, 1.807) is 24.4 Å². The molecule has 0 unspecified atom stereocenters. The topological polar surface area (TPSA) is 54.9 Å². The van der Waals surface area contributed by atoms with Gasteiger partial charge in [-0.3, -0.25) is 9.78 Å². The summed E-state index contributed by atoms with van der Waals surface area (Å²) in [5.74, 6) is -0.395. The number of carbonyl (C=O) groups excluding carboxylic acids is 1. The number of carbonyl (C=O) groups is 1. The van der Waals surface area contributed by atoms with Gasteiger partial charge in [0.1, 0.15) is 10.7 Å². The van der Waals surface area contributed by atoms with E-state index in [2.05, 4.69) is 15.3 Å². The Bertz CT molecular complexity index is 880. The van der Waals surface area contributed by atoms with Crippen LogP contribution >= 0.6 is 11.3 Å². The molecular weight excluding hydrogens is 349 g/mol. The van der Waals surface area contributed by atoms with Crippen LogP contribution in [0.5, 0.6) is 0 Å². The first kappa shape index (κ1) is 18.2. The van der Waals surface area contributed by atoms with Gasteiger partial charge in [-0.25, -0.2) is 9.37 Å². The average Bonchev–Trinajstić information content (AvgIpc) is 3.03. The second-order valence-electron chi connectivity index (χ2n) is 5.94. The molecule has 1 amide bonds. The standard InChI is InChI=1S/C20H20FN3OS/c1-14-19(20(25)23-13-11-15-6-2-3-8-17(15)21)26-18(24-14)10-9-16-7-4-5-12-22-16/h2-8,12H,9-11,13H2,1H3,(H,23,25). The van der Waals surface area contributed by atoms with Crippen molar-refractivity contribution in [3.63, 3.8) is 0 Å². The maximum atomic E-state index is 13.6. The van der Waals surface area contributed by atoms with E-state index in [0.717, 1.165) is 29.2 Å². The van der Waals surface area contributed by atoms with Crippen LogP contribution in [0.25, 0.3) is 0 Å². The number of hydrogen-bond acceptors (Lipinski definition) is 4. The van der Waals surface area contributed by atoms with Crippen molar-refractivity contribution in [3.05, 3.63) is 81.3 Å². The van der Waals surface area contributed by atoms with Crippen LogP contribution in [0.3, 0.4) is 0 Å². The minimum atomic E-state index is -0.243. The summed E-state index contributed by atoms with van der Waals surface area (Å²) in [6, 6.07) is 12.4. The highest BCUT2D eigenvalue weighted by Gasteiger charge is 2.15. The van der Waals surface area contributed by atoms with E-state index >= 15 is 0 Å². The van der Waals surface area contributed by atoms with Crippen LogP contribution in [0.15, 0.2) is 48.7 Å². The molecule has 2 heterocycles. The van der Waals surface area contributed by atoms with E-state index < -0.39 is 0 Å². The SMILES string of the molecule is Cc1nc(CCc2ccccn2)sc1C(=O)NCCc1ccccc1F. The van der Waals surface area contributed by atoms with E-state index in [-0.39, 0.29) is 11.7 Å². The molecule has 0 fully saturated rings. The van der Waals surface area contributed by atoms with Crippen LogP contribution in [0.4, 0.5) is 4.39 Å². The van der Waals surface area contributed by atoms with E-state index in [0.29, 0.717) is 23.4 Å². The largest absolute Gasteiger partial charge is 0.351 e. The predicted molar refractivity (Wildman–Crippen MR) is 101 cm³/mol. The van der Waals surface area contributed by atoms with Gasteiger partial charge in [-0.05, 0) is 43.5 Å². The zero-order chi connectivity index (χ0) is 18.4. The second kappa shape index (κ2) is 8.67. The average molecular weight is 369 g/mol. The fraction of sp³-hybridized carbons (Fsp3) is 0.250. The Morgan fingerprint density at radius 1 is 1.12 bits per heavy atom. The molecule has 134 valence electrons. The molecule has 1 aromatic carbocycles. The molecule has 1 N–H and O–H groups in total. The lowest BCUT2D eigenvalue weighted by atomic mass is 10.1. The number of benzene rings is 1. The summed E-state index contributed by atoms with van der Waals surface area (Å²) in [6.45, 7) is 2.23. The summed E-state index contributed by atoms with van der Waals surface area (Å²) in [5.41, 5.74) is 2.34. The molecule has 0 aliphatic rings. The Morgan fingerprint density at radius 3 is 2.69 bits per heavy atom. The summed E-state index contributed by atoms with van der Waals surface area (Å²) in [5, 5.41) is 3.78. The third-order valence-electron chi connectivity index (χ3n) is 4.01. The van der Waals surface area contributed by atoms with Crippen LogP contribution in [0.1, 0.15) is 31.6 Å². The van der Waals surface area contributed by atoms with Gasteiger partial charge in [-0.2, -0.15) is 0 Å². The van der Waals surface area contributed by atoms with Crippen molar-refractivity contribution in [2.45, 2.75) is 26.2 Å². The van der Waals surface area contributed by atoms with Crippen molar-refractivity contribution in [1.29, 1.82) is 0 Å². The summed E-state index contributed by atoms with van der Waals surface area (Å²) in [7, 11) is 0. The molecule has 0 aliphatic carbocycles. The zero-order valence-electron chi connectivity index (χ0n) is 14.5. The molecule has 2 aromatic heterocycles. The number of amides is 1. The number of halogens is 1. The Balaban J connectivity index is 1.54. The molecule has 0 radical (unpaired) electrons. The lowest BCUT2D eigenvalue weighted by molar-refractivity contribution is 0.0957. The number of rotatable bonds is 7. The molecule has 4 nitrogen and oxygen atoms in total. The van der Waals surface area contributed by atoms with E-state index in [9.17, 15) is 9.18 Å². The van der Waals surface area contributed by atoms with Gasteiger partial charge in [0.15, 0.2) is 0 Å². The van der Waals surface area contributed by atoms with Crippen molar-refractivity contribution < 1.29 is 9.18 Å². The normalized spacial score (nSPS) is 10.7. The van der Waals surface area contributed by atoms with Gasteiger partial charge >= 0.3 is 0 Å². The molecule has 0 spiro atoms. The molecule has 0 saturated carbocycles. The molecule has 3 rings (SSSR count). The molecule has 0 aliphatic heterocycles. The van der Waals surface area contributed by atoms with Crippen molar-refractivity contribution in [1.82, 2.24) is 15.3 Å². The maximum Gasteiger partial charge on any atom is 0.263 e. The van der Waals surface area contributed by atoms with Crippen LogP contribution in [0, 0.1) is 12.7 Å². The van der Waals surface area contributed by atoms with Crippen LogP contribution < -0.4 is 5.32 Å². The number of hydrogen-bond donors (Lipinski definition) is 1. The summed E-state index contributed by atoms with van der Waals surface area (Å²) in [6.07, 6.45) is 3.78. The Hall–Kier alpha value is -2.60. The zero-order valence-corrected chi connectivity index (χ0v) is 15.4. The molecule has 6 heteroatoms. The van der Waals surface area contributed by atoms with Crippen molar-refractivity contribution in [2.24, 2.45) is 0 Å². The molecule has 0 saturated heterocycles. The monoisotopic (exact) mass is 369 g/mol. The first-order valence-electron chi connectivity index (χ1n) is 8.51. The summed E-state index contributed by atoms with van der Waals surface area (Å²) < 4.78 is 13.6. The minimum absolute atomic E-state index is 0.152. The molecule has 0 atom stereocenters. The van der Waals surface area contributed by atoms with Crippen LogP contribution in [-0.4, -0.2) is 22.4 Å². The highest BCUT2D eigenvalue weighted by molar-refractivity contribution is 7.13. The van der Waals surface area contributed by atoms with Crippen LogP contribution in [-0.2, 0) is 19.3 Å². The third-order valence-corrected chi connectivity index (χ3v) is 5.22. The van der Waals surface area contributed by atoms with Crippen molar-refractivity contribution in [2.75, 3.05) is 6.54 Å². The Kier molecular flexibility index (Phi) is 6.07. The maximum absolute atomic E-state index is 13.6. The van der Waals surface area contributed by atoms with E-state index in [1.807, 2.05) is 25.1 Å². The first-order valence-corrected chi connectivity index (χ1v) is 9.33. The molecule has 3 aromatic rings. The fourth-order valence-electron chi connectivity index (χ4n) is 2.64. The van der Waals surface area contributed by atoms with E-state index in [4.69, 9.17) is 0 Å². The number of aryl methyl sites for hydroxylation is 3. The smallest absolute Gasteiger partial charge is 0.263 e. The molecule has 26 heavy (non-hydrogen) atoms. The first-order chi connectivity index (χ1) is 12.6. The van der Waals surface area contributed by atoms with Crippen LogP contribution in [0.2, 0.25) is 0 Å². The van der Waals surface area contributed by atoms with Gasteiger partial charge in [-0.15, -0.1) is 11.3 Å². The van der Waals surface area contributed by atoms with E-state index in [1.165, 1.54) is 17.4 Å². The number of nitrogens with zero attached hydrogens (tertiary/aromatic N) is 2. The predicted octanol–water partition coefficient (Wildman–Crippen LogP) is 3.74. The Labute approximate surface area is 156 Å². The van der Waals surface area contributed by atoms with Crippen molar-refractivity contribution >= 4 is 17.2 Å². The van der Waals surface area contributed by atoms with Gasteiger partial charge in [0.05, 0.1) is 10.7 Å². The van der Waals surface area contributed by atoms with Crippen molar-refractivity contribution in [3.8, 4) is 0 Å².